The molecule has 0 heterocycles. The molecule has 1 saturated carbocycles. The summed E-state index contributed by atoms with van der Waals surface area (Å²) in [5, 5.41) is 2.99. The Labute approximate surface area is 137 Å². The van der Waals surface area contributed by atoms with E-state index in [9.17, 15) is 4.79 Å². The number of carbonyl (C=O) groups excluding carboxylic acids is 1. The Balaban J connectivity index is 1.71. The number of nitrogens with one attached hydrogen (secondary N) is 1. The summed E-state index contributed by atoms with van der Waals surface area (Å²) in [7, 11) is 0. The number of hydrogen-bond acceptors (Lipinski definition) is 2. The molecule has 1 aliphatic rings. The molecule has 0 spiro atoms. The molecule has 0 saturated heterocycles. The Morgan fingerprint density at radius 2 is 1.74 bits per heavy atom. The van der Waals surface area contributed by atoms with E-state index in [0.29, 0.717) is 17.4 Å². The van der Waals surface area contributed by atoms with E-state index in [1.54, 1.807) is 6.07 Å². The van der Waals surface area contributed by atoms with Crippen molar-refractivity contribution in [2.24, 2.45) is 0 Å². The van der Waals surface area contributed by atoms with Crippen LogP contribution >= 0.6 is 0 Å². The molecule has 0 radical (unpaired) electrons. The van der Waals surface area contributed by atoms with Gasteiger partial charge in [0.15, 0.2) is 0 Å². The monoisotopic (exact) mass is 309 g/mol. The summed E-state index contributed by atoms with van der Waals surface area (Å²) in [5.41, 5.74) is 2.03. The van der Waals surface area contributed by atoms with Gasteiger partial charge < -0.3 is 10.1 Å². The van der Waals surface area contributed by atoms with Gasteiger partial charge in [-0.2, -0.15) is 0 Å². The van der Waals surface area contributed by atoms with Crippen molar-refractivity contribution in [2.45, 2.75) is 45.1 Å². The Morgan fingerprint density at radius 1 is 1.04 bits per heavy atom. The van der Waals surface area contributed by atoms with Gasteiger partial charge in [-0.15, -0.1) is 0 Å². The van der Waals surface area contributed by atoms with Crippen LogP contribution in [0.5, 0.6) is 11.5 Å². The lowest BCUT2D eigenvalue weighted by molar-refractivity contribution is 0.0951. The highest BCUT2D eigenvalue weighted by molar-refractivity contribution is 5.94. The molecule has 2 aromatic rings. The van der Waals surface area contributed by atoms with E-state index < -0.39 is 0 Å². The Hall–Kier alpha value is -2.29. The van der Waals surface area contributed by atoms with Crippen molar-refractivity contribution in [2.75, 3.05) is 0 Å². The van der Waals surface area contributed by atoms with Gasteiger partial charge in [0.25, 0.3) is 5.91 Å². The van der Waals surface area contributed by atoms with E-state index in [0.717, 1.165) is 18.6 Å². The molecule has 0 aromatic heterocycles. The maximum Gasteiger partial charge on any atom is 0.251 e. The van der Waals surface area contributed by atoms with Gasteiger partial charge in [-0.1, -0.05) is 39.0 Å². The highest BCUT2D eigenvalue weighted by atomic mass is 16.5. The summed E-state index contributed by atoms with van der Waals surface area (Å²) in [5.74, 6) is 1.43. The Kier molecular flexibility index (Phi) is 4.12. The third-order valence-electron chi connectivity index (χ3n) is 3.96. The molecule has 1 N–H and O–H groups in total. The minimum atomic E-state index is -0.0268. The molecular weight excluding hydrogens is 286 g/mol. The van der Waals surface area contributed by atoms with Crippen molar-refractivity contribution in [3.63, 3.8) is 0 Å². The summed E-state index contributed by atoms with van der Waals surface area (Å²) in [6, 6.07) is 15.8. The second-order valence-corrected chi connectivity index (χ2v) is 7.15. The van der Waals surface area contributed by atoms with Gasteiger partial charge in [-0.05, 0) is 54.2 Å². The second kappa shape index (κ2) is 6.07. The van der Waals surface area contributed by atoms with E-state index in [1.165, 1.54) is 5.56 Å². The third kappa shape index (κ3) is 4.13. The fraction of sp³-hybridized carbons (Fsp3) is 0.350. The number of carbonyl (C=O) groups is 1. The van der Waals surface area contributed by atoms with Crippen LogP contribution < -0.4 is 10.1 Å². The minimum absolute atomic E-state index is 0.0268. The van der Waals surface area contributed by atoms with Crippen LogP contribution in [0.25, 0.3) is 0 Å². The fourth-order valence-electron chi connectivity index (χ4n) is 2.36. The van der Waals surface area contributed by atoms with Gasteiger partial charge in [0.05, 0.1) is 0 Å². The Bertz CT molecular complexity index is 694. The zero-order chi connectivity index (χ0) is 16.4. The number of hydrogen-bond donors (Lipinski definition) is 1. The van der Waals surface area contributed by atoms with Crippen LogP contribution in [0.1, 0.15) is 49.5 Å². The first-order chi connectivity index (χ1) is 10.9. The smallest absolute Gasteiger partial charge is 0.251 e. The van der Waals surface area contributed by atoms with E-state index in [1.807, 2.05) is 30.3 Å². The van der Waals surface area contributed by atoms with Gasteiger partial charge in [-0.3, -0.25) is 4.79 Å². The van der Waals surface area contributed by atoms with E-state index in [2.05, 4.69) is 38.2 Å². The molecule has 0 unspecified atom stereocenters. The molecule has 0 bridgehead atoms. The van der Waals surface area contributed by atoms with Gasteiger partial charge in [0.2, 0.25) is 0 Å². The van der Waals surface area contributed by atoms with Crippen molar-refractivity contribution in [3.05, 3.63) is 59.7 Å². The molecule has 3 heteroatoms. The number of benzene rings is 2. The number of rotatable bonds is 4. The fourth-order valence-corrected chi connectivity index (χ4v) is 2.36. The molecule has 2 aromatic carbocycles. The Morgan fingerprint density at radius 3 is 2.35 bits per heavy atom. The second-order valence-electron chi connectivity index (χ2n) is 7.15. The molecule has 120 valence electrons. The largest absolute Gasteiger partial charge is 0.457 e. The zero-order valence-electron chi connectivity index (χ0n) is 13.9. The zero-order valence-corrected chi connectivity index (χ0v) is 13.9. The van der Waals surface area contributed by atoms with Crippen molar-refractivity contribution in [1.29, 1.82) is 0 Å². The highest BCUT2D eigenvalue weighted by Crippen LogP contribution is 2.27. The van der Waals surface area contributed by atoms with E-state index >= 15 is 0 Å². The summed E-state index contributed by atoms with van der Waals surface area (Å²) in [6.45, 7) is 6.56. The summed E-state index contributed by atoms with van der Waals surface area (Å²) in [6.07, 6.45) is 2.17. The lowest BCUT2D eigenvalue weighted by atomic mass is 9.87. The maximum atomic E-state index is 12.1. The van der Waals surface area contributed by atoms with Crippen molar-refractivity contribution < 1.29 is 9.53 Å². The van der Waals surface area contributed by atoms with Crippen LogP contribution in [0.2, 0.25) is 0 Å². The molecule has 3 rings (SSSR count). The molecule has 1 amide bonds. The molecule has 0 aliphatic heterocycles. The summed E-state index contributed by atoms with van der Waals surface area (Å²) in [4.78, 5) is 12.1. The summed E-state index contributed by atoms with van der Waals surface area (Å²) < 4.78 is 5.88. The average Bonchev–Trinajstić information content (AvgIpc) is 3.31. The number of ether oxygens (including phenoxy) is 1. The van der Waals surface area contributed by atoms with Gasteiger partial charge in [0, 0.05) is 11.6 Å². The lowest BCUT2D eigenvalue weighted by Gasteiger charge is -2.19. The standard InChI is InChI=1S/C20H23NO2/c1-20(2,3)15-7-11-17(12-8-15)23-18-6-4-5-14(13-18)19(22)21-16-9-10-16/h4-8,11-13,16H,9-10H2,1-3H3,(H,21,22). The first kappa shape index (κ1) is 15.6. The minimum Gasteiger partial charge on any atom is -0.457 e. The SMILES string of the molecule is CC(C)(C)c1ccc(Oc2cccc(C(=O)NC3CC3)c2)cc1. The van der Waals surface area contributed by atoms with Crippen LogP contribution in [0.3, 0.4) is 0 Å². The lowest BCUT2D eigenvalue weighted by Crippen LogP contribution is -2.25. The molecule has 1 aliphatic carbocycles. The topological polar surface area (TPSA) is 38.3 Å². The van der Waals surface area contributed by atoms with Crippen molar-refractivity contribution >= 4 is 5.91 Å². The molecule has 0 atom stereocenters. The molecule has 1 fully saturated rings. The van der Waals surface area contributed by atoms with Gasteiger partial charge in [-0.25, -0.2) is 0 Å². The van der Waals surface area contributed by atoms with Crippen LogP contribution in [0.15, 0.2) is 48.5 Å². The first-order valence-corrected chi connectivity index (χ1v) is 8.11. The van der Waals surface area contributed by atoms with Crippen molar-refractivity contribution in [3.8, 4) is 11.5 Å². The predicted octanol–water partition coefficient (Wildman–Crippen LogP) is 4.67. The number of amides is 1. The van der Waals surface area contributed by atoms with E-state index in [4.69, 9.17) is 4.74 Å². The van der Waals surface area contributed by atoms with Crippen LogP contribution in [0, 0.1) is 0 Å². The van der Waals surface area contributed by atoms with Crippen LogP contribution in [-0.4, -0.2) is 11.9 Å². The maximum absolute atomic E-state index is 12.1. The average molecular weight is 309 g/mol. The molecular formula is C20H23NO2. The van der Waals surface area contributed by atoms with E-state index in [-0.39, 0.29) is 11.3 Å². The van der Waals surface area contributed by atoms with Crippen molar-refractivity contribution in [1.82, 2.24) is 5.32 Å². The quantitative estimate of drug-likeness (QED) is 0.891. The molecule has 23 heavy (non-hydrogen) atoms. The summed E-state index contributed by atoms with van der Waals surface area (Å²) >= 11 is 0. The predicted molar refractivity (Wildman–Crippen MR) is 92.1 cm³/mol. The normalized spacial score (nSPS) is 14.4. The first-order valence-electron chi connectivity index (χ1n) is 8.11. The van der Waals surface area contributed by atoms with Crippen LogP contribution in [0.4, 0.5) is 0 Å². The highest BCUT2D eigenvalue weighted by Gasteiger charge is 2.23. The molecule has 3 nitrogen and oxygen atoms in total. The third-order valence-corrected chi connectivity index (χ3v) is 3.96. The van der Waals surface area contributed by atoms with Crippen LogP contribution in [-0.2, 0) is 5.41 Å². The van der Waals surface area contributed by atoms with Gasteiger partial charge in [0.1, 0.15) is 11.5 Å². The van der Waals surface area contributed by atoms with Gasteiger partial charge >= 0.3 is 0 Å².